The van der Waals surface area contributed by atoms with Gasteiger partial charge >= 0.3 is 0 Å². The van der Waals surface area contributed by atoms with E-state index in [4.69, 9.17) is 0 Å². The second-order valence-electron chi connectivity index (χ2n) is 3.43. The molecule has 0 bridgehead atoms. The second kappa shape index (κ2) is 4.17. The first-order chi connectivity index (χ1) is 7.25. The molecule has 0 saturated heterocycles. The second-order valence-corrected chi connectivity index (χ2v) is 3.43. The van der Waals surface area contributed by atoms with Gasteiger partial charge in [0.15, 0.2) is 5.78 Å². The van der Waals surface area contributed by atoms with Gasteiger partial charge in [0.2, 0.25) is 6.67 Å². The van der Waals surface area contributed by atoms with Crippen LogP contribution in [0, 0.1) is 6.67 Å². The number of rotatable bonds is 3. The highest BCUT2D eigenvalue weighted by molar-refractivity contribution is 5.97. The fourth-order valence-electron chi connectivity index (χ4n) is 1.41. The lowest BCUT2D eigenvalue weighted by Crippen LogP contribution is -2.23. The lowest BCUT2D eigenvalue weighted by atomic mass is 10.1. The molecule has 1 heterocycles. The number of nitrogens with zero attached hydrogens (tertiary/aromatic N) is 2. The van der Waals surface area contributed by atoms with Crippen LogP contribution in [0.3, 0.4) is 0 Å². The zero-order chi connectivity index (χ0) is 10.7. The minimum Gasteiger partial charge on any atom is -0.349 e. The van der Waals surface area contributed by atoms with Crippen LogP contribution >= 0.6 is 0 Å². The van der Waals surface area contributed by atoms with Crippen LogP contribution in [-0.2, 0) is 0 Å². The Kier molecular flexibility index (Phi) is 2.72. The molecule has 76 valence electrons. The SMILES string of the molecule is CN1[C]N(CC(=O)c2ccccc2)C=C1. The van der Waals surface area contributed by atoms with Crippen LogP contribution in [0.2, 0.25) is 0 Å². The van der Waals surface area contributed by atoms with Crippen LogP contribution in [0.4, 0.5) is 0 Å². The molecule has 3 nitrogen and oxygen atoms in total. The van der Waals surface area contributed by atoms with E-state index in [9.17, 15) is 4.79 Å². The van der Waals surface area contributed by atoms with Crippen LogP contribution < -0.4 is 0 Å². The summed E-state index contributed by atoms with van der Waals surface area (Å²) in [5.74, 6) is 0.100. The van der Waals surface area contributed by atoms with Crippen molar-refractivity contribution < 1.29 is 4.79 Å². The van der Waals surface area contributed by atoms with Gasteiger partial charge in [-0.15, -0.1) is 0 Å². The third-order valence-corrected chi connectivity index (χ3v) is 2.17. The van der Waals surface area contributed by atoms with E-state index < -0.39 is 0 Å². The molecule has 1 aromatic rings. The molecule has 3 heteroatoms. The van der Waals surface area contributed by atoms with Gasteiger partial charge in [0.25, 0.3) is 0 Å². The normalized spacial score (nSPS) is 14.7. The molecule has 0 N–H and O–H groups in total. The summed E-state index contributed by atoms with van der Waals surface area (Å²) in [6.45, 7) is 3.33. The smallest absolute Gasteiger partial charge is 0.208 e. The Labute approximate surface area is 89.6 Å². The molecule has 0 fully saturated rings. The van der Waals surface area contributed by atoms with Crippen LogP contribution in [-0.4, -0.2) is 29.2 Å². The Morgan fingerprint density at radius 1 is 1.27 bits per heavy atom. The van der Waals surface area contributed by atoms with E-state index in [2.05, 4.69) is 6.67 Å². The summed E-state index contributed by atoms with van der Waals surface area (Å²) >= 11 is 0. The minimum atomic E-state index is 0.100. The molecule has 0 aromatic heterocycles. The van der Waals surface area contributed by atoms with Crippen LogP contribution in [0.5, 0.6) is 0 Å². The molecule has 15 heavy (non-hydrogen) atoms. The zero-order valence-electron chi connectivity index (χ0n) is 8.55. The molecule has 0 aliphatic carbocycles. The topological polar surface area (TPSA) is 23.6 Å². The highest BCUT2D eigenvalue weighted by Crippen LogP contribution is 2.10. The molecular formula is C12H12N2O. The molecule has 2 rings (SSSR count). The van der Waals surface area contributed by atoms with E-state index in [1.165, 1.54) is 0 Å². The molecule has 0 atom stereocenters. The Balaban J connectivity index is 1.96. The number of Topliss-reactive ketones (excluding diaryl/α,β-unsaturated/α-hetero) is 1. The first-order valence-corrected chi connectivity index (χ1v) is 4.78. The summed E-state index contributed by atoms with van der Waals surface area (Å²) in [5.41, 5.74) is 0.738. The van der Waals surface area contributed by atoms with Gasteiger partial charge in [-0.25, -0.2) is 0 Å². The highest BCUT2D eigenvalue weighted by atomic mass is 16.1. The van der Waals surface area contributed by atoms with Crippen molar-refractivity contribution in [3.05, 3.63) is 55.0 Å². The molecular weight excluding hydrogens is 188 g/mol. The van der Waals surface area contributed by atoms with Crippen molar-refractivity contribution in [2.24, 2.45) is 0 Å². The number of carbonyl (C=O) groups excluding carboxylic acids is 1. The molecule has 0 saturated carbocycles. The number of benzene rings is 1. The number of hydrogen-bond acceptors (Lipinski definition) is 3. The first kappa shape index (κ1) is 9.77. The lowest BCUT2D eigenvalue weighted by molar-refractivity contribution is 0.0962. The third kappa shape index (κ3) is 2.37. The van der Waals surface area contributed by atoms with Crippen LogP contribution in [0.25, 0.3) is 0 Å². The average molecular weight is 200 g/mol. The van der Waals surface area contributed by atoms with Crippen molar-refractivity contribution in [2.75, 3.05) is 13.6 Å². The average Bonchev–Trinajstić information content (AvgIpc) is 2.65. The molecule has 0 amide bonds. The summed E-state index contributed by atoms with van der Waals surface area (Å²) in [6, 6.07) is 9.29. The van der Waals surface area contributed by atoms with Gasteiger partial charge < -0.3 is 9.80 Å². The van der Waals surface area contributed by atoms with Gasteiger partial charge in [0.1, 0.15) is 0 Å². The van der Waals surface area contributed by atoms with Gasteiger partial charge in [-0.3, -0.25) is 4.79 Å². The van der Waals surface area contributed by atoms with Gasteiger partial charge in [-0.05, 0) is 0 Å². The van der Waals surface area contributed by atoms with Crippen molar-refractivity contribution in [1.82, 2.24) is 9.80 Å². The van der Waals surface area contributed by atoms with Crippen LogP contribution in [0.1, 0.15) is 10.4 Å². The highest BCUT2D eigenvalue weighted by Gasteiger charge is 2.15. The van der Waals surface area contributed by atoms with E-state index in [-0.39, 0.29) is 5.78 Å². The Morgan fingerprint density at radius 2 is 2.00 bits per heavy atom. The summed E-state index contributed by atoms with van der Waals surface area (Å²) in [4.78, 5) is 15.3. The molecule has 1 aliphatic heterocycles. The van der Waals surface area contributed by atoms with Crippen molar-refractivity contribution >= 4 is 5.78 Å². The number of ketones is 1. The third-order valence-electron chi connectivity index (χ3n) is 2.17. The first-order valence-electron chi connectivity index (χ1n) is 4.78. The predicted octanol–water partition coefficient (Wildman–Crippen LogP) is 1.58. The lowest BCUT2D eigenvalue weighted by Gasteiger charge is -2.14. The fourth-order valence-corrected chi connectivity index (χ4v) is 1.41. The number of hydrogen-bond donors (Lipinski definition) is 0. The van der Waals surface area contributed by atoms with Crippen molar-refractivity contribution in [3.8, 4) is 0 Å². The van der Waals surface area contributed by atoms with E-state index in [1.54, 1.807) is 9.80 Å². The Bertz CT molecular complexity index is 372. The molecule has 0 spiro atoms. The Morgan fingerprint density at radius 3 is 2.60 bits per heavy atom. The van der Waals surface area contributed by atoms with Gasteiger partial charge in [0, 0.05) is 25.0 Å². The van der Waals surface area contributed by atoms with Crippen molar-refractivity contribution in [2.45, 2.75) is 0 Å². The van der Waals surface area contributed by atoms with E-state index in [0.29, 0.717) is 6.54 Å². The summed E-state index contributed by atoms with van der Waals surface area (Å²) in [7, 11) is 1.88. The monoisotopic (exact) mass is 200 g/mol. The molecule has 2 radical (unpaired) electrons. The standard InChI is InChI=1S/C12H12N2O/c1-13-7-8-14(10-13)9-12(15)11-5-3-2-4-6-11/h2-8H,9H2,1H3. The Hall–Kier alpha value is -1.77. The van der Waals surface area contributed by atoms with Gasteiger partial charge in [0.05, 0.1) is 6.54 Å². The summed E-state index contributed by atoms with van der Waals surface area (Å²) < 4.78 is 0. The van der Waals surface area contributed by atoms with Crippen LogP contribution in [0.15, 0.2) is 42.7 Å². The molecule has 0 unspecified atom stereocenters. The molecule has 1 aliphatic rings. The minimum absolute atomic E-state index is 0.100. The van der Waals surface area contributed by atoms with Gasteiger partial charge in [-0.2, -0.15) is 0 Å². The quantitative estimate of drug-likeness (QED) is 0.692. The maximum Gasteiger partial charge on any atom is 0.208 e. The van der Waals surface area contributed by atoms with Gasteiger partial charge in [-0.1, -0.05) is 30.3 Å². The maximum atomic E-state index is 11.8. The number of carbonyl (C=O) groups is 1. The van der Waals surface area contributed by atoms with E-state index in [0.717, 1.165) is 5.56 Å². The van der Waals surface area contributed by atoms with E-state index in [1.807, 2.05) is 49.8 Å². The summed E-state index contributed by atoms with van der Waals surface area (Å²) in [5, 5.41) is 0. The van der Waals surface area contributed by atoms with Crippen molar-refractivity contribution in [1.29, 1.82) is 0 Å². The largest absolute Gasteiger partial charge is 0.349 e. The maximum absolute atomic E-state index is 11.8. The summed E-state index contributed by atoms with van der Waals surface area (Å²) in [6.07, 6.45) is 3.69. The predicted molar refractivity (Wildman–Crippen MR) is 57.6 cm³/mol. The zero-order valence-corrected chi connectivity index (χ0v) is 8.55. The fraction of sp³-hybridized carbons (Fsp3) is 0.167. The molecule has 1 aromatic carbocycles. The van der Waals surface area contributed by atoms with E-state index >= 15 is 0 Å². The van der Waals surface area contributed by atoms with Crippen molar-refractivity contribution in [3.63, 3.8) is 0 Å².